The lowest BCUT2D eigenvalue weighted by Crippen LogP contribution is -2.64. The Kier molecular flexibility index (Phi) is 1.56. The molecule has 2 unspecified atom stereocenters. The Bertz CT molecular complexity index is 185. The number of hydrazine groups is 1. The minimum Gasteiger partial charge on any atom is -0.364 e. The molecule has 11 heavy (non-hydrogen) atoms. The number of aliphatic hydroxyl groups excluding tert-OH is 1. The summed E-state index contributed by atoms with van der Waals surface area (Å²) < 4.78 is 0. The molecule has 0 aromatic rings. The maximum Gasteiger partial charge on any atom is 0.251 e. The van der Waals surface area contributed by atoms with Gasteiger partial charge in [-0.3, -0.25) is 15.1 Å². The fourth-order valence-corrected chi connectivity index (χ4v) is 1.67. The summed E-state index contributed by atoms with van der Waals surface area (Å²) in [6, 6.07) is -0.119. The smallest absolute Gasteiger partial charge is 0.251 e. The number of carbonyl (C=O) groups excluding carboxylic acids is 1. The van der Waals surface area contributed by atoms with Crippen molar-refractivity contribution in [3.05, 3.63) is 0 Å². The fraction of sp³-hybridized carbons (Fsp3) is 0.833. The minimum atomic E-state index is -0.708. The first-order valence-corrected chi connectivity index (χ1v) is 3.78. The quantitative estimate of drug-likeness (QED) is 0.394. The monoisotopic (exact) mass is 157 g/mol. The highest BCUT2D eigenvalue weighted by molar-refractivity contribution is 5.82. The van der Waals surface area contributed by atoms with E-state index in [1.165, 1.54) is 0 Å². The van der Waals surface area contributed by atoms with Crippen molar-refractivity contribution in [3.8, 4) is 0 Å². The summed E-state index contributed by atoms with van der Waals surface area (Å²) in [6.45, 7) is 0.798. The van der Waals surface area contributed by atoms with E-state index in [2.05, 4.69) is 10.9 Å². The van der Waals surface area contributed by atoms with Crippen molar-refractivity contribution in [2.24, 2.45) is 0 Å². The summed E-state index contributed by atoms with van der Waals surface area (Å²) in [5, 5.41) is 9.30. The number of carbonyl (C=O) groups is 1. The van der Waals surface area contributed by atoms with Crippen LogP contribution in [0, 0.1) is 0 Å². The highest BCUT2D eigenvalue weighted by atomic mass is 16.3. The SMILES string of the molecule is O=C1NNC(O)N2CCCC12. The summed E-state index contributed by atoms with van der Waals surface area (Å²) in [7, 11) is 0. The summed E-state index contributed by atoms with van der Waals surface area (Å²) >= 11 is 0. The lowest BCUT2D eigenvalue weighted by molar-refractivity contribution is -0.144. The van der Waals surface area contributed by atoms with Gasteiger partial charge in [-0.2, -0.15) is 5.43 Å². The number of nitrogens with zero attached hydrogens (tertiary/aromatic N) is 1. The van der Waals surface area contributed by atoms with Crippen molar-refractivity contribution in [2.45, 2.75) is 25.2 Å². The molecule has 2 aliphatic heterocycles. The van der Waals surface area contributed by atoms with E-state index >= 15 is 0 Å². The highest BCUT2D eigenvalue weighted by Gasteiger charge is 2.38. The molecule has 2 saturated heterocycles. The Morgan fingerprint density at radius 1 is 1.64 bits per heavy atom. The van der Waals surface area contributed by atoms with E-state index in [-0.39, 0.29) is 11.9 Å². The molecule has 0 aromatic carbocycles. The molecular weight excluding hydrogens is 146 g/mol. The van der Waals surface area contributed by atoms with Crippen LogP contribution >= 0.6 is 0 Å². The van der Waals surface area contributed by atoms with Crippen molar-refractivity contribution in [3.63, 3.8) is 0 Å². The molecule has 0 bridgehead atoms. The Morgan fingerprint density at radius 2 is 2.45 bits per heavy atom. The van der Waals surface area contributed by atoms with Gasteiger partial charge in [-0.05, 0) is 12.8 Å². The Balaban J connectivity index is 2.14. The van der Waals surface area contributed by atoms with Gasteiger partial charge in [0.15, 0.2) is 6.35 Å². The van der Waals surface area contributed by atoms with Gasteiger partial charge in [0.05, 0.1) is 6.04 Å². The zero-order chi connectivity index (χ0) is 7.84. The molecule has 0 saturated carbocycles. The number of hydrogen-bond acceptors (Lipinski definition) is 4. The van der Waals surface area contributed by atoms with Gasteiger partial charge in [0.2, 0.25) is 0 Å². The number of amides is 1. The van der Waals surface area contributed by atoms with E-state index in [4.69, 9.17) is 0 Å². The van der Waals surface area contributed by atoms with Crippen LogP contribution in [0.3, 0.4) is 0 Å². The molecular formula is C6H11N3O2. The van der Waals surface area contributed by atoms with Gasteiger partial charge in [0.1, 0.15) is 0 Å². The van der Waals surface area contributed by atoms with Crippen LogP contribution < -0.4 is 10.9 Å². The van der Waals surface area contributed by atoms with Gasteiger partial charge in [-0.25, -0.2) is 0 Å². The molecule has 0 radical (unpaired) electrons. The molecule has 62 valence electrons. The normalized spacial score (nSPS) is 38.5. The number of nitrogens with one attached hydrogen (secondary N) is 2. The highest BCUT2D eigenvalue weighted by Crippen LogP contribution is 2.19. The number of fused-ring (bicyclic) bond motifs is 1. The lowest BCUT2D eigenvalue weighted by Gasteiger charge is -2.33. The second kappa shape index (κ2) is 2.44. The van der Waals surface area contributed by atoms with Gasteiger partial charge < -0.3 is 5.11 Å². The fourth-order valence-electron chi connectivity index (χ4n) is 1.67. The molecule has 0 spiro atoms. The maximum atomic E-state index is 11.1. The number of aliphatic hydroxyl groups is 1. The third-order valence-corrected chi connectivity index (χ3v) is 2.24. The number of hydrogen-bond donors (Lipinski definition) is 3. The number of rotatable bonds is 0. The van der Waals surface area contributed by atoms with Crippen LogP contribution in [-0.2, 0) is 4.79 Å². The average Bonchev–Trinajstić information content (AvgIpc) is 2.45. The van der Waals surface area contributed by atoms with E-state index in [1.807, 2.05) is 0 Å². The first-order valence-electron chi connectivity index (χ1n) is 3.78. The molecule has 0 aromatic heterocycles. The van der Waals surface area contributed by atoms with E-state index in [0.29, 0.717) is 0 Å². The molecule has 5 heteroatoms. The Morgan fingerprint density at radius 3 is 3.18 bits per heavy atom. The second-order valence-electron chi connectivity index (χ2n) is 2.90. The molecule has 2 rings (SSSR count). The summed E-state index contributed by atoms with van der Waals surface area (Å²) in [4.78, 5) is 12.9. The van der Waals surface area contributed by atoms with Crippen molar-refractivity contribution < 1.29 is 9.90 Å². The van der Waals surface area contributed by atoms with E-state index in [1.54, 1.807) is 4.90 Å². The minimum absolute atomic E-state index is 0.0344. The Hall–Kier alpha value is -0.650. The van der Waals surface area contributed by atoms with Crippen LogP contribution in [0.25, 0.3) is 0 Å². The van der Waals surface area contributed by atoms with Crippen molar-refractivity contribution in [1.29, 1.82) is 0 Å². The van der Waals surface area contributed by atoms with Gasteiger partial charge >= 0.3 is 0 Å². The third-order valence-electron chi connectivity index (χ3n) is 2.24. The molecule has 1 amide bonds. The van der Waals surface area contributed by atoms with Crippen LogP contribution in [0.4, 0.5) is 0 Å². The molecule has 2 heterocycles. The van der Waals surface area contributed by atoms with Gasteiger partial charge in [-0.1, -0.05) is 0 Å². The zero-order valence-electron chi connectivity index (χ0n) is 6.08. The summed E-state index contributed by atoms with van der Waals surface area (Å²) in [6.07, 6.45) is 1.13. The molecule has 2 fully saturated rings. The van der Waals surface area contributed by atoms with Crippen LogP contribution in [-0.4, -0.2) is 34.9 Å². The van der Waals surface area contributed by atoms with Crippen molar-refractivity contribution in [2.75, 3.05) is 6.54 Å². The van der Waals surface area contributed by atoms with Gasteiger partial charge in [-0.15, -0.1) is 0 Å². The predicted octanol–water partition coefficient (Wildman–Crippen LogP) is -1.64. The van der Waals surface area contributed by atoms with Gasteiger partial charge in [0.25, 0.3) is 5.91 Å². The first-order chi connectivity index (χ1) is 5.29. The van der Waals surface area contributed by atoms with E-state index < -0.39 is 6.35 Å². The van der Waals surface area contributed by atoms with Crippen LogP contribution in [0.1, 0.15) is 12.8 Å². The predicted molar refractivity (Wildman–Crippen MR) is 37.0 cm³/mol. The average molecular weight is 157 g/mol. The van der Waals surface area contributed by atoms with E-state index in [9.17, 15) is 9.90 Å². The summed E-state index contributed by atoms with van der Waals surface area (Å²) in [5.41, 5.74) is 4.91. The standard InChI is InChI=1S/C6H11N3O2/c10-5-4-2-1-3-9(4)6(11)8-7-5/h4,6,8,11H,1-3H2,(H,7,10). The van der Waals surface area contributed by atoms with Crippen LogP contribution in [0.5, 0.6) is 0 Å². The van der Waals surface area contributed by atoms with E-state index in [0.717, 1.165) is 19.4 Å². The van der Waals surface area contributed by atoms with Crippen LogP contribution in [0.15, 0.2) is 0 Å². The van der Waals surface area contributed by atoms with Gasteiger partial charge in [0, 0.05) is 6.54 Å². The summed E-state index contributed by atoms with van der Waals surface area (Å²) in [5.74, 6) is -0.0344. The third kappa shape index (κ3) is 1.01. The first kappa shape index (κ1) is 7.02. The molecule has 2 atom stereocenters. The zero-order valence-corrected chi connectivity index (χ0v) is 6.08. The maximum absolute atomic E-state index is 11.1. The molecule has 2 aliphatic rings. The second-order valence-corrected chi connectivity index (χ2v) is 2.90. The lowest BCUT2D eigenvalue weighted by atomic mass is 10.2. The Labute approximate surface area is 64.3 Å². The topological polar surface area (TPSA) is 64.6 Å². The molecule has 5 nitrogen and oxygen atoms in total. The molecule has 3 N–H and O–H groups in total. The van der Waals surface area contributed by atoms with Crippen molar-refractivity contribution >= 4 is 5.91 Å². The van der Waals surface area contributed by atoms with Crippen molar-refractivity contribution in [1.82, 2.24) is 15.8 Å². The van der Waals surface area contributed by atoms with Crippen LogP contribution in [0.2, 0.25) is 0 Å². The molecule has 0 aliphatic carbocycles. The largest absolute Gasteiger partial charge is 0.364 e.